The van der Waals surface area contributed by atoms with Crippen LogP contribution in [0.1, 0.15) is 34.6 Å². The number of carbonyl (C=O) groups excluding carboxylic acids is 1. The molecule has 0 aromatic carbocycles. The van der Waals surface area contributed by atoms with Gasteiger partial charge in [0.25, 0.3) is 0 Å². The number of carbonyl (C=O) groups is 1. The predicted molar refractivity (Wildman–Crippen MR) is 73.0 cm³/mol. The third kappa shape index (κ3) is 9.04. The predicted octanol–water partition coefficient (Wildman–Crippen LogP) is 1.98. The molecule has 0 spiro atoms. The van der Waals surface area contributed by atoms with Gasteiger partial charge in [0.2, 0.25) is 5.91 Å². The van der Waals surface area contributed by atoms with E-state index in [1.165, 1.54) is 0 Å². The summed E-state index contributed by atoms with van der Waals surface area (Å²) < 4.78 is 0.163. The van der Waals surface area contributed by atoms with Crippen molar-refractivity contribution in [3.8, 4) is 0 Å². The minimum atomic E-state index is 0.145. The van der Waals surface area contributed by atoms with Crippen LogP contribution in [0.2, 0.25) is 0 Å². The molecule has 1 amide bonds. The molecule has 0 rings (SSSR count). The second kappa shape index (κ2) is 7.96. The van der Waals surface area contributed by atoms with Gasteiger partial charge in [-0.25, -0.2) is 0 Å². The molecule has 0 aliphatic heterocycles. The molecule has 4 heteroatoms. The van der Waals surface area contributed by atoms with Crippen molar-refractivity contribution in [1.29, 1.82) is 0 Å². The lowest BCUT2D eigenvalue weighted by molar-refractivity contribution is -0.118. The Morgan fingerprint density at radius 3 is 2.25 bits per heavy atom. The summed E-state index contributed by atoms with van der Waals surface area (Å²) in [6.07, 6.45) is 0. The first kappa shape index (κ1) is 15.8. The smallest absolute Gasteiger partial charge is 0.230 e. The van der Waals surface area contributed by atoms with Gasteiger partial charge in [-0.3, -0.25) is 4.79 Å². The van der Waals surface area contributed by atoms with Crippen molar-refractivity contribution in [2.24, 2.45) is 0 Å². The van der Waals surface area contributed by atoms with Crippen LogP contribution in [0.3, 0.4) is 0 Å². The number of hydrogen-bond donors (Lipinski definition) is 1. The summed E-state index contributed by atoms with van der Waals surface area (Å²) in [6, 6.07) is 0. The molecule has 0 saturated heterocycles. The molecular weight excluding hydrogens is 220 g/mol. The zero-order valence-electron chi connectivity index (χ0n) is 11.3. The van der Waals surface area contributed by atoms with E-state index < -0.39 is 0 Å². The monoisotopic (exact) mass is 246 g/mol. The second-order valence-corrected chi connectivity index (χ2v) is 6.58. The molecule has 0 saturated carbocycles. The fraction of sp³-hybridized carbons (Fsp3) is 0.917. The van der Waals surface area contributed by atoms with Gasteiger partial charge in [-0.05, 0) is 13.1 Å². The molecule has 0 aromatic heterocycles. The highest BCUT2D eigenvalue weighted by Gasteiger charge is 2.12. The summed E-state index contributed by atoms with van der Waals surface area (Å²) in [7, 11) is 0. The highest BCUT2D eigenvalue weighted by Crippen LogP contribution is 2.22. The van der Waals surface area contributed by atoms with Crippen LogP contribution < -0.4 is 5.32 Å². The molecule has 1 N–H and O–H groups in total. The number of nitrogens with one attached hydrogen (secondary N) is 1. The average molecular weight is 246 g/mol. The third-order valence-corrected chi connectivity index (χ3v) is 3.55. The fourth-order valence-electron chi connectivity index (χ4n) is 1.23. The average Bonchev–Trinajstić information content (AvgIpc) is 2.20. The Balaban J connectivity index is 3.58. The Hall–Kier alpha value is -0.220. The quantitative estimate of drug-likeness (QED) is 0.745. The summed E-state index contributed by atoms with van der Waals surface area (Å²) in [4.78, 5) is 13.8. The van der Waals surface area contributed by atoms with Crippen LogP contribution in [0.15, 0.2) is 0 Å². The summed E-state index contributed by atoms with van der Waals surface area (Å²) >= 11 is 1.69. The standard InChI is InChI=1S/C12H26N2OS/c1-6-14(7-2)9-8-13-11(15)10-16-12(3,4)5/h6-10H2,1-5H3,(H,13,15). The highest BCUT2D eigenvalue weighted by atomic mass is 32.2. The van der Waals surface area contributed by atoms with Crippen LogP contribution in [0.5, 0.6) is 0 Å². The number of nitrogens with zero attached hydrogens (tertiary/aromatic N) is 1. The second-order valence-electron chi connectivity index (χ2n) is 4.78. The van der Waals surface area contributed by atoms with Gasteiger partial charge in [0.15, 0.2) is 0 Å². The molecule has 0 aliphatic carbocycles. The van der Waals surface area contributed by atoms with E-state index in [4.69, 9.17) is 0 Å². The van der Waals surface area contributed by atoms with Gasteiger partial charge in [0, 0.05) is 17.8 Å². The van der Waals surface area contributed by atoms with Crippen molar-refractivity contribution in [3.63, 3.8) is 0 Å². The Labute approximate surface area is 104 Å². The Morgan fingerprint density at radius 2 is 1.81 bits per heavy atom. The number of likely N-dealkylation sites (N-methyl/N-ethyl adjacent to an activating group) is 1. The molecule has 0 atom stereocenters. The lowest BCUT2D eigenvalue weighted by Gasteiger charge is -2.19. The lowest BCUT2D eigenvalue weighted by Crippen LogP contribution is -2.36. The summed E-state index contributed by atoms with van der Waals surface area (Å²) in [5.41, 5.74) is 0. The van der Waals surface area contributed by atoms with E-state index >= 15 is 0 Å². The first-order chi connectivity index (χ1) is 7.39. The molecule has 3 nitrogen and oxygen atoms in total. The van der Waals surface area contributed by atoms with Crippen molar-refractivity contribution in [2.75, 3.05) is 31.9 Å². The zero-order chi connectivity index (χ0) is 12.6. The summed E-state index contributed by atoms with van der Waals surface area (Å²) in [6.45, 7) is 14.4. The number of thioether (sulfide) groups is 1. The van der Waals surface area contributed by atoms with Crippen LogP contribution in [0, 0.1) is 0 Å². The lowest BCUT2D eigenvalue weighted by atomic mass is 10.3. The van der Waals surface area contributed by atoms with Crippen LogP contribution in [0.25, 0.3) is 0 Å². The van der Waals surface area contributed by atoms with Gasteiger partial charge in [-0.1, -0.05) is 34.6 Å². The Kier molecular flexibility index (Phi) is 7.85. The first-order valence-corrected chi connectivity index (χ1v) is 7.00. The molecule has 0 radical (unpaired) electrons. The normalized spacial score (nSPS) is 11.9. The van der Waals surface area contributed by atoms with E-state index in [1.54, 1.807) is 11.8 Å². The van der Waals surface area contributed by atoms with E-state index in [0.717, 1.165) is 26.2 Å². The molecule has 0 aliphatic rings. The SMILES string of the molecule is CCN(CC)CCNC(=O)CSC(C)(C)C. The Bertz CT molecular complexity index is 198. The van der Waals surface area contributed by atoms with Gasteiger partial charge in [0.1, 0.15) is 0 Å². The van der Waals surface area contributed by atoms with E-state index in [0.29, 0.717) is 5.75 Å². The third-order valence-electron chi connectivity index (χ3n) is 2.28. The van der Waals surface area contributed by atoms with Crippen LogP contribution >= 0.6 is 11.8 Å². The molecule has 16 heavy (non-hydrogen) atoms. The highest BCUT2D eigenvalue weighted by molar-refractivity contribution is 8.01. The van der Waals surface area contributed by atoms with Crippen molar-refractivity contribution in [1.82, 2.24) is 10.2 Å². The molecule has 0 unspecified atom stereocenters. The van der Waals surface area contributed by atoms with Crippen LogP contribution in [-0.2, 0) is 4.79 Å². The molecule has 0 bridgehead atoms. The largest absolute Gasteiger partial charge is 0.354 e. The first-order valence-electron chi connectivity index (χ1n) is 6.02. The van der Waals surface area contributed by atoms with Crippen molar-refractivity contribution < 1.29 is 4.79 Å². The maximum atomic E-state index is 11.5. The summed E-state index contributed by atoms with van der Waals surface area (Å²) in [5, 5.41) is 2.95. The minimum absolute atomic E-state index is 0.145. The minimum Gasteiger partial charge on any atom is -0.354 e. The van der Waals surface area contributed by atoms with Crippen LogP contribution in [-0.4, -0.2) is 47.5 Å². The number of amides is 1. The maximum absolute atomic E-state index is 11.5. The Morgan fingerprint density at radius 1 is 1.25 bits per heavy atom. The van der Waals surface area contributed by atoms with Crippen molar-refractivity contribution in [2.45, 2.75) is 39.4 Å². The van der Waals surface area contributed by atoms with Crippen LogP contribution in [0.4, 0.5) is 0 Å². The number of rotatable bonds is 7. The number of hydrogen-bond acceptors (Lipinski definition) is 3. The van der Waals surface area contributed by atoms with E-state index in [-0.39, 0.29) is 10.7 Å². The van der Waals surface area contributed by atoms with E-state index in [2.05, 4.69) is 44.8 Å². The molecule has 0 fully saturated rings. The topological polar surface area (TPSA) is 32.3 Å². The van der Waals surface area contributed by atoms with Gasteiger partial charge in [-0.2, -0.15) is 0 Å². The van der Waals surface area contributed by atoms with Gasteiger partial charge in [0.05, 0.1) is 5.75 Å². The van der Waals surface area contributed by atoms with Gasteiger partial charge >= 0.3 is 0 Å². The van der Waals surface area contributed by atoms with Crippen molar-refractivity contribution in [3.05, 3.63) is 0 Å². The molecule has 0 heterocycles. The molecule has 96 valence electrons. The molecule has 0 aromatic rings. The van der Waals surface area contributed by atoms with E-state index in [1.807, 2.05) is 0 Å². The zero-order valence-corrected chi connectivity index (χ0v) is 12.1. The molecular formula is C12H26N2OS. The van der Waals surface area contributed by atoms with Gasteiger partial charge < -0.3 is 10.2 Å². The van der Waals surface area contributed by atoms with Gasteiger partial charge in [-0.15, -0.1) is 11.8 Å². The van der Waals surface area contributed by atoms with Crippen molar-refractivity contribution >= 4 is 17.7 Å². The summed E-state index contributed by atoms with van der Waals surface area (Å²) in [5.74, 6) is 0.703. The fourth-order valence-corrected chi connectivity index (χ4v) is 1.89. The van der Waals surface area contributed by atoms with E-state index in [9.17, 15) is 4.79 Å². The maximum Gasteiger partial charge on any atom is 0.230 e.